The molecule has 0 radical (unpaired) electrons. The summed E-state index contributed by atoms with van der Waals surface area (Å²) in [5.41, 5.74) is 1.98. The van der Waals surface area contributed by atoms with E-state index in [1.807, 2.05) is 20.9 Å². The van der Waals surface area contributed by atoms with E-state index < -0.39 is 0 Å². The van der Waals surface area contributed by atoms with Crippen LogP contribution in [0.4, 0.5) is 0 Å². The van der Waals surface area contributed by atoms with Gasteiger partial charge in [-0.3, -0.25) is 4.90 Å². The molecule has 0 aliphatic heterocycles. The van der Waals surface area contributed by atoms with Crippen LogP contribution < -0.4 is 0 Å². The first-order chi connectivity index (χ1) is 9.08. The van der Waals surface area contributed by atoms with Crippen molar-refractivity contribution in [1.82, 2.24) is 29.9 Å². The van der Waals surface area contributed by atoms with Crippen molar-refractivity contribution in [3.8, 4) is 0 Å². The van der Waals surface area contributed by atoms with E-state index in [2.05, 4.69) is 41.0 Å². The second kappa shape index (κ2) is 6.21. The van der Waals surface area contributed by atoms with Crippen LogP contribution in [0.25, 0.3) is 0 Å². The number of nitrogens with zero attached hydrogens (tertiary/aromatic N) is 6. The van der Waals surface area contributed by atoms with Gasteiger partial charge in [-0.2, -0.15) is 15.0 Å². The van der Waals surface area contributed by atoms with Crippen molar-refractivity contribution in [2.75, 3.05) is 7.05 Å². The summed E-state index contributed by atoms with van der Waals surface area (Å²) < 4.78 is 0.889. The zero-order valence-electron chi connectivity index (χ0n) is 11.3. The second-order valence-electron chi connectivity index (χ2n) is 4.41. The van der Waals surface area contributed by atoms with E-state index in [-0.39, 0.29) is 0 Å². The van der Waals surface area contributed by atoms with Gasteiger partial charge < -0.3 is 0 Å². The normalized spacial score (nSPS) is 11.2. The lowest BCUT2D eigenvalue weighted by molar-refractivity contribution is 0.304. The molecular formula is C12H17BrN6. The Morgan fingerprint density at radius 3 is 2.47 bits per heavy atom. The fraction of sp³-hybridized carbons (Fsp3) is 0.500. The van der Waals surface area contributed by atoms with Gasteiger partial charge in [0.2, 0.25) is 0 Å². The second-order valence-corrected chi connectivity index (χ2v) is 5.33. The molecule has 2 heterocycles. The third kappa shape index (κ3) is 3.81. The summed E-state index contributed by atoms with van der Waals surface area (Å²) in [6.07, 6.45) is 3.52. The molecule has 7 heteroatoms. The zero-order chi connectivity index (χ0) is 13.8. The summed E-state index contributed by atoms with van der Waals surface area (Å²) in [5, 5.41) is 8.78. The van der Waals surface area contributed by atoms with E-state index in [1.165, 1.54) is 0 Å². The van der Waals surface area contributed by atoms with Gasteiger partial charge in [0.1, 0.15) is 5.82 Å². The van der Waals surface area contributed by atoms with Crippen LogP contribution in [0.15, 0.2) is 16.9 Å². The van der Waals surface area contributed by atoms with E-state index in [0.29, 0.717) is 6.54 Å². The fourth-order valence-electron chi connectivity index (χ4n) is 1.73. The number of rotatable bonds is 5. The lowest BCUT2D eigenvalue weighted by atomic mass is 10.3. The molecule has 0 saturated heterocycles. The maximum Gasteiger partial charge on any atom is 0.142 e. The highest BCUT2D eigenvalue weighted by atomic mass is 79.9. The van der Waals surface area contributed by atoms with Gasteiger partial charge in [-0.15, -0.1) is 0 Å². The van der Waals surface area contributed by atoms with Crippen molar-refractivity contribution in [2.24, 2.45) is 0 Å². The number of hydrogen-bond acceptors (Lipinski definition) is 5. The van der Waals surface area contributed by atoms with Crippen LogP contribution in [-0.4, -0.2) is 36.9 Å². The molecule has 0 spiro atoms. The molecule has 19 heavy (non-hydrogen) atoms. The van der Waals surface area contributed by atoms with E-state index in [9.17, 15) is 0 Å². The summed E-state index contributed by atoms with van der Waals surface area (Å²) in [4.78, 5) is 12.4. The lowest BCUT2D eigenvalue weighted by Crippen LogP contribution is -2.19. The van der Waals surface area contributed by atoms with Crippen LogP contribution in [0.2, 0.25) is 0 Å². The molecule has 0 aliphatic carbocycles. The smallest absolute Gasteiger partial charge is 0.142 e. The predicted molar refractivity (Wildman–Crippen MR) is 75.3 cm³/mol. The minimum absolute atomic E-state index is 0.686. The topological polar surface area (TPSA) is 59.7 Å². The largest absolute Gasteiger partial charge is 0.293 e. The van der Waals surface area contributed by atoms with Gasteiger partial charge in [-0.05, 0) is 36.8 Å². The Hall–Kier alpha value is -1.34. The SMILES string of the molecule is CCn1nc(C)c(CN(C)Cc2ncc(Br)cn2)n1. The Morgan fingerprint density at radius 1 is 1.21 bits per heavy atom. The molecule has 0 amide bonds. The van der Waals surface area contributed by atoms with Crippen molar-refractivity contribution in [2.45, 2.75) is 33.5 Å². The zero-order valence-corrected chi connectivity index (χ0v) is 12.9. The minimum Gasteiger partial charge on any atom is -0.293 e. The molecule has 0 unspecified atom stereocenters. The van der Waals surface area contributed by atoms with Crippen LogP contribution >= 0.6 is 15.9 Å². The van der Waals surface area contributed by atoms with E-state index >= 15 is 0 Å². The third-order valence-corrected chi connectivity index (χ3v) is 3.12. The van der Waals surface area contributed by atoms with Crippen molar-refractivity contribution < 1.29 is 0 Å². The highest BCUT2D eigenvalue weighted by molar-refractivity contribution is 9.10. The van der Waals surface area contributed by atoms with Gasteiger partial charge in [0.05, 0.1) is 29.0 Å². The molecule has 0 fully saturated rings. The first kappa shape index (κ1) is 14.1. The van der Waals surface area contributed by atoms with Crippen molar-refractivity contribution >= 4 is 15.9 Å². The summed E-state index contributed by atoms with van der Waals surface area (Å²) in [6, 6.07) is 0. The number of hydrogen-bond donors (Lipinski definition) is 0. The monoisotopic (exact) mass is 324 g/mol. The highest BCUT2D eigenvalue weighted by Crippen LogP contribution is 2.08. The quantitative estimate of drug-likeness (QED) is 0.839. The van der Waals surface area contributed by atoms with Crippen molar-refractivity contribution in [3.05, 3.63) is 34.1 Å². The van der Waals surface area contributed by atoms with Crippen molar-refractivity contribution in [1.29, 1.82) is 0 Å². The molecule has 0 N–H and O–H groups in total. The number of aryl methyl sites for hydroxylation is 2. The first-order valence-electron chi connectivity index (χ1n) is 6.14. The van der Waals surface area contributed by atoms with Gasteiger partial charge >= 0.3 is 0 Å². The third-order valence-electron chi connectivity index (χ3n) is 2.71. The van der Waals surface area contributed by atoms with Gasteiger partial charge in [-0.25, -0.2) is 9.97 Å². The Morgan fingerprint density at radius 2 is 1.89 bits per heavy atom. The van der Waals surface area contributed by atoms with Crippen LogP contribution in [0.1, 0.15) is 24.1 Å². The Balaban J connectivity index is 1.98. The van der Waals surface area contributed by atoms with Gasteiger partial charge in [0, 0.05) is 18.9 Å². The standard InChI is InChI=1S/C12H17BrN6/c1-4-19-16-9(2)11(17-19)7-18(3)8-12-14-5-10(13)6-15-12/h5-6H,4,7-8H2,1-3H3. The Bertz CT molecular complexity index is 536. The van der Waals surface area contributed by atoms with Crippen LogP contribution in [0.5, 0.6) is 0 Å². The van der Waals surface area contributed by atoms with Gasteiger partial charge in [0.25, 0.3) is 0 Å². The average molecular weight is 325 g/mol. The number of aromatic nitrogens is 5. The molecule has 2 aromatic heterocycles. The molecule has 0 saturated carbocycles. The molecule has 0 bridgehead atoms. The summed E-state index contributed by atoms with van der Waals surface area (Å²) >= 11 is 3.33. The molecule has 2 aromatic rings. The molecule has 102 valence electrons. The fourth-order valence-corrected chi connectivity index (χ4v) is 1.93. The van der Waals surface area contributed by atoms with E-state index in [0.717, 1.165) is 34.8 Å². The highest BCUT2D eigenvalue weighted by Gasteiger charge is 2.10. The maximum absolute atomic E-state index is 4.44. The van der Waals surface area contributed by atoms with Gasteiger partial charge in [0.15, 0.2) is 0 Å². The summed E-state index contributed by atoms with van der Waals surface area (Å²) in [5.74, 6) is 0.797. The summed E-state index contributed by atoms with van der Waals surface area (Å²) in [7, 11) is 2.02. The number of halogens is 1. The molecular weight excluding hydrogens is 308 g/mol. The van der Waals surface area contributed by atoms with Crippen LogP contribution in [-0.2, 0) is 19.6 Å². The average Bonchev–Trinajstić information content (AvgIpc) is 2.73. The van der Waals surface area contributed by atoms with Crippen LogP contribution in [0, 0.1) is 6.92 Å². The van der Waals surface area contributed by atoms with Crippen molar-refractivity contribution in [3.63, 3.8) is 0 Å². The predicted octanol–water partition coefficient (Wildman–Crippen LogP) is 1.79. The Kier molecular flexibility index (Phi) is 4.60. The summed E-state index contributed by atoms with van der Waals surface area (Å²) in [6.45, 7) is 6.23. The maximum atomic E-state index is 4.44. The molecule has 0 aliphatic rings. The van der Waals surface area contributed by atoms with Crippen LogP contribution in [0.3, 0.4) is 0 Å². The van der Waals surface area contributed by atoms with E-state index in [1.54, 1.807) is 17.2 Å². The molecule has 0 aromatic carbocycles. The van der Waals surface area contributed by atoms with E-state index in [4.69, 9.17) is 0 Å². The molecule has 6 nitrogen and oxygen atoms in total. The first-order valence-corrected chi connectivity index (χ1v) is 6.93. The molecule has 0 atom stereocenters. The molecule has 2 rings (SSSR count). The minimum atomic E-state index is 0.686. The lowest BCUT2D eigenvalue weighted by Gasteiger charge is -2.14. The van der Waals surface area contributed by atoms with Gasteiger partial charge in [-0.1, -0.05) is 0 Å². The Labute approximate surface area is 121 Å².